The van der Waals surface area contributed by atoms with Crippen molar-refractivity contribution in [2.24, 2.45) is 11.8 Å². The highest BCUT2D eigenvalue weighted by molar-refractivity contribution is 5.54. The van der Waals surface area contributed by atoms with Gasteiger partial charge in [-0.3, -0.25) is 0 Å². The highest BCUT2D eigenvalue weighted by Crippen LogP contribution is 2.51. The molecular formula is C20H20. The highest BCUT2D eigenvalue weighted by Gasteiger charge is 2.39. The molecule has 0 heteroatoms. The predicted molar refractivity (Wildman–Crippen MR) is 83.0 cm³/mol. The summed E-state index contributed by atoms with van der Waals surface area (Å²) in [5.41, 5.74) is 6.72. The molecule has 0 saturated carbocycles. The fraction of sp³-hybridized carbons (Fsp3) is 0.400. The Morgan fingerprint density at radius 3 is 2.75 bits per heavy atom. The maximum Gasteiger partial charge on any atom is 0.00926 e. The monoisotopic (exact) mass is 260 g/mol. The van der Waals surface area contributed by atoms with E-state index in [1.807, 2.05) is 0 Å². The molecule has 20 heavy (non-hydrogen) atoms. The summed E-state index contributed by atoms with van der Waals surface area (Å²) < 4.78 is 0. The fourth-order valence-corrected chi connectivity index (χ4v) is 4.99. The fourth-order valence-electron chi connectivity index (χ4n) is 4.99. The molecule has 1 aromatic rings. The predicted octanol–water partition coefficient (Wildman–Crippen LogP) is 4.67. The summed E-state index contributed by atoms with van der Waals surface area (Å²) in [6.45, 7) is 0. The van der Waals surface area contributed by atoms with Crippen molar-refractivity contribution in [1.29, 1.82) is 0 Å². The minimum atomic E-state index is 0.634. The summed E-state index contributed by atoms with van der Waals surface area (Å²) in [7, 11) is 0. The van der Waals surface area contributed by atoms with Crippen LogP contribution in [0.4, 0.5) is 0 Å². The van der Waals surface area contributed by atoms with E-state index < -0.39 is 0 Å². The van der Waals surface area contributed by atoms with E-state index in [9.17, 15) is 0 Å². The second-order valence-corrected chi connectivity index (χ2v) is 6.84. The zero-order valence-corrected chi connectivity index (χ0v) is 11.8. The molecule has 0 fully saturated rings. The molecule has 100 valence electrons. The van der Waals surface area contributed by atoms with Crippen LogP contribution in [0.5, 0.6) is 0 Å². The Morgan fingerprint density at radius 2 is 1.75 bits per heavy atom. The maximum absolute atomic E-state index is 2.53. The summed E-state index contributed by atoms with van der Waals surface area (Å²) in [6, 6.07) is 4.87. The Labute approximate surface area is 120 Å². The van der Waals surface area contributed by atoms with Crippen LogP contribution >= 0.6 is 0 Å². The first-order valence-corrected chi connectivity index (χ1v) is 8.09. The van der Waals surface area contributed by atoms with Crippen molar-refractivity contribution in [3.8, 4) is 0 Å². The zero-order chi connectivity index (χ0) is 13.1. The summed E-state index contributed by atoms with van der Waals surface area (Å²) in [5.74, 6) is 2.75. The number of benzene rings is 1. The average molecular weight is 260 g/mol. The van der Waals surface area contributed by atoms with Gasteiger partial charge < -0.3 is 0 Å². The van der Waals surface area contributed by atoms with E-state index in [1.165, 1.54) is 25.7 Å². The van der Waals surface area contributed by atoms with Crippen LogP contribution in [-0.4, -0.2) is 0 Å². The van der Waals surface area contributed by atoms with Crippen molar-refractivity contribution in [2.45, 2.75) is 37.5 Å². The summed E-state index contributed by atoms with van der Waals surface area (Å²) in [6.07, 6.45) is 19.7. The number of hydrogen-bond acceptors (Lipinski definition) is 0. The van der Waals surface area contributed by atoms with Gasteiger partial charge in [0.25, 0.3) is 0 Å². The molecule has 4 aliphatic rings. The first kappa shape index (κ1) is 11.1. The average Bonchev–Trinajstić information content (AvgIpc) is 2.52. The molecule has 4 unspecified atom stereocenters. The number of aryl methyl sites for hydroxylation is 1. The van der Waals surface area contributed by atoms with Gasteiger partial charge in [-0.05, 0) is 59.8 Å². The topological polar surface area (TPSA) is 0 Å². The summed E-state index contributed by atoms with van der Waals surface area (Å²) >= 11 is 0. The molecule has 4 atom stereocenters. The van der Waals surface area contributed by atoms with Crippen LogP contribution in [0.25, 0.3) is 0 Å². The van der Waals surface area contributed by atoms with E-state index in [-0.39, 0.29) is 0 Å². The third-order valence-electron chi connectivity index (χ3n) is 5.85. The molecule has 0 bridgehead atoms. The van der Waals surface area contributed by atoms with Crippen LogP contribution < -0.4 is 0 Å². The van der Waals surface area contributed by atoms with Crippen molar-refractivity contribution in [3.63, 3.8) is 0 Å². The largest absolute Gasteiger partial charge is 0.0805 e. The lowest BCUT2D eigenvalue weighted by Crippen LogP contribution is -2.31. The highest BCUT2D eigenvalue weighted by atomic mass is 14.4. The Hall–Kier alpha value is -1.56. The lowest BCUT2D eigenvalue weighted by Gasteiger charge is -2.43. The second-order valence-electron chi connectivity index (χ2n) is 6.84. The van der Waals surface area contributed by atoms with E-state index in [4.69, 9.17) is 0 Å². The van der Waals surface area contributed by atoms with Crippen molar-refractivity contribution in [1.82, 2.24) is 0 Å². The van der Waals surface area contributed by atoms with Crippen molar-refractivity contribution in [3.05, 3.63) is 70.8 Å². The molecule has 0 amide bonds. The normalized spacial score (nSPS) is 35.6. The molecule has 0 heterocycles. The van der Waals surface area contributed by atoms with Gasteiger partial charge in [0.05, 0.1) is 0 Å². The quantitative estimate of drug-likeness (QED) is 0.594. The van der Waals surface area contributed by atoms with Crippen LogP contribution in [-0.2, 0) is 12.8 Å². The summed E-state index contributed by atoms with van der Waals surface area (Å²) in [4.78, 5) is 0. The van der Waals surface area contributed by atoms with Crippen molar-refractivity contribution < 1.29 is 0 Å². The molecule has 0 radical (unpaired) electrons. The summed E-state index contributed by atoms with van der Waals surface area (Å²) in [5, 5.41) is 0. The van der Waals surface area contributed by atoms with Gasteiger partial charge in [-0.25, -0.2) is 0 Å². The van der Waals surface area contributed by atoms with Gasteiger partial charge in [-0.1, -0.05) is 48.6 Å². The SMILES string of the molecule is C1=CC2Cc3ccc4c5c3C(C=CC5CCC4)C2C=C1. The number of rotatable bonds is 0. The van der Waals surface area contributed by atoms with Crippen LogP contribution in [0, 0.1) is 11.8 Å². The lowest BCUT2D eigenvalue weighted by molar-refractivity contribution is 0.391. The molecule has 1 aromatic carbocycles. The van der Waals surface area contributed by atoms with Gasteiger partial charge in [0.15, 0.2) is 0 Å². The van der Waals surface area contributed by atoms with E-state index >= 15 is 0 Å². The molecule has 0 spiro atoms. The first-order valence-electron chi connectivity index (χ1n) is 8.09. The maximum atomic E-state index is 2.53. The molecule has 0 aliphatic heterocycles. The Bertz CT molecular complexity index is 659. The Morgan fingerprint density at radius 1 is 0.850 bits per heavy atom. The van der Waals surface area contributed by atoms with Crippen molar-refractivity contribution >= 4 is 0 Å². The van der Waals surface area contributed by atoms with Crippen LogP contribution in [0.3, 0.4) is 0 Å². The Kier molecular flexibility index (Phi) is 2.21. The minimum absolute atomic E-state index is 0.634. The second kappa shape index (κ2) is 3.97. The molecule has 4 aliphatic carbocycles. The van der Waals surface area contributed by atoms with Crippen LogP contribution in [0.15, 0.2) is 48.6 Å². The van der Waals surface area contributed by atoms with Gasteiger partial charge in [0.2, 0.25) is 0 Å². The molecule has 0 saturated heterocycles. The third-order valence-corrected chi connectivity index (χ3v) is 5.85. The van der Waals surface area contributed by atoms with E-state index in [0.717, 1.165) is 0 Å². The van der Waals surface area contributed by atoms with E-state index in [2.05, 4.69) is 48.6 Å². The molecule has 0 N–H and O–H groups in total. The first-order chi connectivity index (χ1) is 9.92. The van der Waals surface area contributed by atoms with Gasteiger partial charge in [0.1, 0.15) is 0 Å². The molecule has 0 aromatic heterocycles. The molecule has 5 rings (SSSR count). The smallest absolute Gasteiger partial charge is 0.00926 e. The van der Waals surface area contributed by atoms with Gasteiger partial charge >= 0.3 is 0 Å². The van der Waals surface area contributed by atoms with E-state index in [0.29, 0.717) is 23.7 Å². The number of allylic oxidation sites excluding steroid dienone is 6. The van der Waals surface area contributed by atoms with Crippen molar-refractivity contribution in [2.75, 3.05) is 0 Å². The van der Waals surface area contributed by atoms with Gasteiger partial charge in [-0.15, -0.1) is 0 Å². The molecule has 0 nitrogen and oxygen atoms in total. The van der Waals surface area contributed by atoms with Gasteiger partial charge in [-0.2, -0.15) is 0 Å². The standard InChI is InChI=1S/C20H20/c1-2-7-17-15(4-1)12-16-9-8-13-5-3-6-14-10-11-18(17)20(16)19(13)14/h1-2,4,7-11,14-15,17-18H,3,5-6,12H2. The van der Waals surface area contributed by atoms with E-state index in [1.54, 1.807) is 22.3 Å². The minimum Gasteiger partial charge on any atom is -0.0805 e. The molecular weight excluding hydrogens is 240 g/mol. The zero-order valence-electron chi connectivity index (χ0n) is 11.8. The van der Waals surface area contributed by atoms with Crippen LogP contribution in [0.1, 0.15) is 46.9 Å². The Balaban J connectivity index is 1.75. The van der Waals surface area contributed by atoms with Crippen LogP contribution in [0.2, 0.25) is 0 Å². The number of hydrogen-bond donors (Lipinski definition) is 0. The lowest BCUT2D eigenvalue weighted by atomic mass is 9.61. The van der Waals surface area contributed by atoms with Gasteiger partial charge in [0, 0.05) is 11.8 Å². The third kappa shape index (κ3) is 1.37. The number of fused-ring (bicyclic) bond motifs is 2.